The standard InChI is InChI=1S/C15H27FN2OSi.C8H18O2Si.C7H9FN2.CH3.Pd/c1-15(2,3)20(4,5)19-9-8-18-14-10-12(11-17)6-7-13(14)16;1-8(2,3)11(4,5)10-7-6-9;8-6-2-1-5(4-9)3-7(6)10;;/h6-7,10,18H,8-9,11,17H2,1-5H3;6H,7H2,1-5H3;1-3H,4,9-10H2;1H3;/q;;;-1;. The maximum Gasteiger partial charge on any atom is 0.192 e. The Hall–Kier alpha value is -1.49. The number of anilines is 2. The van der Waals surface area contributed by atoms with Crippen LogP contribution in [0.15, 0.2) is 36.4 Å². The van der Waals surface area contributed by atoms with Crippen molar-refractivity contribution >= 4 is 34.3 Å². The molecule has 2 rings (SSSR count). The van der Waals surface area contributed by atoms with Crippen molar-refractivity contribution < 1.29 is 42.9 Å². The Balaban J connectivity index is -0.000000594. The van der Waals surface area contributed by atoms with Gasteiger partial charge in [-0.3, -0.25) is 0 Å². The van der Waals surface area contributed by atoms with Gasteiger partial charge >= 0.3 is 0 Å². The van der Waals surface area contributed by atoms with Crippen molar-refractivity contribution in [3.63, 3.8) is 0 Å². The minimum atomic E-state index is -1.73. The maximum atomic E-state index is 13.6. The minimum absolute atomic E-state index is 0. The van der Waals surface area contributed by atoms with E-state index < -0.39 is 22.5 Å². The van der Waals surface area contributed by atoms with Crippen LogP contribution >= 0.6 is 0 Å². The van der Waals surface area contributed by atoms with Gasteiger partial charge in [0.05, 0.1) is 24.6 Å². The van der Waals surface area contributed by atoms with Crippen molar-refractivity contribution in [2.75, 3.05) is 30.8 Å². The molecular weight excluding hydrogens is 677 g/mol. The molecule has 0 aromatic heterocycles. The molecule has 0 bridgehead atoms. The van der Waals surface area contributed by atoms with E-state index in [0.717, 1.165) is 17.4 Å². The summed E-state index contributed by atoms with van der Waals surface area (Å²) in [5, 5.41) is 3.47. The topological polar surface area (TPSA) is 126 Å². The second kappa shape index (κ2) is 20.5. The van der Waals surface area contributed by atoms with Crippen LogP contribution in [0.2, 0.25) is 36.3 Å². The van der Waals surface area contributed by atoms with Crippen LogP contribution in [-0.2, 0) is 47.2 Å². The van der Waals surface area contributed by atoms with Crippen LogP contribution in [-0.4, -0.2) is 42.7 Å². The fraction of sp³-hybridized carbons (Fsp3) is 0.548. The Labute approximate surface area is 276 Å². The van der Waals surface area contributed by atoms with E-state index in [9.17, 15) is 13.6 Å². The third kappa shape index (κ3) is 17.0. The molecule has 2 aromatic carbocycles. The molecule has 0 atom stereocenters. The molecule has 2 aromatic rings. The second-order valence-electron chi connectivity index (χ2n) is 12.9. The third-order valence-electron chi connectivity index (χ3n) is 7.57. The zero-order chi connectivity index (χ0) is 32.1. The van der Waals surface area contributed by atoms with E-state index in [2.05, 4.69) is 73.0 Å². The molecule has 0 fully saturated rings. The van der Waals surface area contributed by atoms with Crippen molar-refractivity contribution in [1.29, 1.82) is 0 Å². The van der Waals surface area contributed by atoms with Gasteiger partial charge in [-0.15, -0.1) is 0 Å². The number of nitrogens with two attached hydrogens (primary N) is 3. The van der Waals surface area contributed by atoms with E-state index in [4.69, 9.17) is 26.1 Å². The summed E-state index contributed by atoms with van der Waals surface area (Å²) in [5.41, 5.74) is 18.5. The molecule has 0 radical (unpaired) electrons. The van der Waals surface area contributed by atoms with Gasteiger partial charge in [0.15, 0.2) is 16.6 Å². The van der Waals surface area contributed by atoms with Crippen molar-refractivity contribution in [1.82, 2.24) is 0 Å². The Kier molecular flexibility index (Phi) is 21.9. The Morgan fingerprint density at radius 2 is 1.26 bits per heavy atom. The maximum absolute atomic E-state index is 13.6. The molecule has 0 saturated carbocycles. The zero-order valence-corrected chi connectivity index (χ0v) is 31.7. The molecule has 0 amide bonds. The molecule has 0 heterocycles. The van der Waals surface area contributed by atoms with E-state index in [0.29, 0.717) is 31.9 Å². The largest absolute Gasteiger partial charge is 0.415 e. The molecule has 0 unspecified atom stereocenters. The third-order valence-corrected chi connectivity index (χ3v) is 16.6. The number of benzene rings is 2. The van der Waals surface area contributed by atoms with Gasteiger partial charge in [0, 0.05) is 40.1 Å². The quantitative estimate of drug-likeness (QED) is 0.0667. The SMILES string of the molecule is CC(C)(C)[Si](C)(C)OCC=O.CC(C)(C)[Si](C)(C)OCCNc1cc(CN)ccc1F.NCc1ccc(F)c(N)c1.[CH3-].[Pd]. The first-order valence-electron chi connectivity index (χ1n) is 13.9. The van der Waals surface area contributed by atoms with Crippen LogP contribution < -0.4 is 22.5 Å². The summed E-state index contributed by atoms with van der Waals surface area (Å²) in [6.45, 7) is 24.0. The van der Waals surface area contributed by atoms with E-state index in [1.807, 2.05) is 0 Å². The van der Waals surface area contributed by atoms with Gasteiger partial charge < -0.3 is 43.6 Å². The number of carbonyl (C=O) groups is 1. The Morgan fingerprint density at radius 3 is 1.67 bits per heavy atom. The first kappa shape index (κ1) is 45.9. The molecule has 0 aliphatic rings. The van der Waals surface area contributed by atoms with Gasteiger partial charge in [-0.25, -0.2) is 8.78 Å². The van der Waals surface area contributed by atoms with Gasteiger partial charge in [0.1, 0.15) is 17.9 Å². The molecular formula is C31H57F2N4O3PdSi2-. The molecule has 0 aliphatic heterocycles. The second-order valence-corrected chi connectivity index (χ2v) is 22.5. The predicted octanol–water partition coefficient (Wildman–Crippen LogP) is 7.24. The fourth-order valence-electron chi connectivity index (χ4n) is 2.72. The van der Waals surface area contributed by atoms with Crippen molar-refractivity contribution in [3.05, 3.63) is 66.6 Å². The van der Waals surface area contributed by atoms with Gasteiger partial charge in [-0.05, 0) is 71.7 Å². The van der Waals surface area contributed by atoms with E-state index in [1.54, 1.807) is 18.2 Å². The van der Waals surface area contributed by atoms with Crippen molar-refractivity contribution in [3.8, 4) is 0 Å². The normalized spacial score (nSPS) is 11.5. The minimum Gasteiger partial charge on any atom is -0.415 e. The number of hydrogen-bond donors (Lipinski definition) is 4. The number of nitrogens with one attached hydrogen (secondary N) is 1. The average Bonchev–Trinajstić information content (AvgIpc) is 2.87. The Bertz CT molecular complexity index is 1080. The van der Waals surface area contributed by atoms with Crippen LogP contribution in [0.1, 0.15) is 52.7 Å². The summed E-state index contributed by atoms with van der Waals surface area (Å²) in [5.74, 6) is -0.647. The molecule has 7 nitrogen and oxygen atoms in total. The van der Waals surface area contributed by atoms with Gasteiger partial charge in [-0.1, -0.05) is 53.7 Å². The zero-order valence-electron chi connectivity index (χ0n) is 28.1. The number of halogens is 2. The predicted molar refractivity (Wildman–Crippen MR) is 180 cm³/mol. The van der Waals surface area contributed by atoms with Gasteiger partial charge in [-0.2, -0.15) is 0 Å². The van der Waals surface area contributed by atoms with Gasteiger partial charge in [0.25, 0.3) is 0 Å². The van der Waals surface area contributed by atoms with Crippen molar-refractivity contribution in [2.24, 2.45) is 11.5 Å². The van der Waals surface area contributed by atoms with Crippen LogP contribution in [0, 0.1) is 19.1 Å². The molecule has 252 valence electrons. The first-order valence-corrected chi connectivity index (χ1v) is 19.7. The molecule has 0 saturated heterocycles. The number of hydrogen-bond acceptors (Lipinski definition) is 7. The summed E-state index contributed by atoms with van der Waals surface area (Å²) < 4.78 is 37.6. The number of carbonyl (C=O) groups excluding carboxylic acids is 1. The first-order chi connectivity index (χ1) is 18.7. The summed E-state index contributed by atoms with van der Waals surface area (Å²) in [6.07, 6.45) is 0.820. The summed E-state index contributed by atoms with van der Waals surface area (Å²) in [6, 6.07) is 9.37. The summed E-state index contributed by atoms with van der Waals surface area (Å²) in [7, 11) is -3.39. The van der Waals surface area contributed by atoms with E-state index >= 15 is 0 Å². The van der Waals surface area contributed by atoms with Crippen LogP contribution in [0.4, 0.5) is 20.2 Å². The number of rotatable bonds is 10. The van der Waals surface area contributed by atoms with Crippen LogP contribution in [0.3, 0.4) is 0 Å². The Morgan fingerprint density at radius 1 is 0.814 bits per heavy atom. The number of nitrogen functional groups attached to an aromatic ring is 1. The van der Waals surface area contributed by atoms with Crippen LogP contribution in [0.25, 0.3) is 0 Å². The summed E-state index contributed by atoms with van der Waals surface area (Å²) in [4.78, 5) is 10.1. The molecule has 12 heteroatoms. The van der Waals surface area contributed by atoms with E-state index in [-0.39, 0.29) is 56.0 Å². The number of aldehydes is 1. The van der Waals surface area contributed by atoms with Crippen molar-refractivity contribution in [2.45, 2.75) is 90.9 Å². The smallest absolute Gasteiger partial charge is 0.192 e. The monoisotopic (exact) mass is 733 g/mol. The molecule has 7 N–H and O–H groups in total. The molecule has 0 aliphatic carbocycles. The summed E-state index contributed by atoms with van der Waals surface area (Å²) >= 11 is 0. The fourth-order valence-corrected chi connectivity index (χ4v) is 4.69. The van der Waals surface area contributed by atoms with Crippen LogP contribution in [0.5, 0.6) is 0 Å². The molecule has 0 spiro atoms. The van der Waals surface area contributed by atoms with Gasteiger partial charge in [0.2, 0.25) is 0 Å². The molecule has 43 heavy (non-hydrogen) atoms. The average molecular weight is 734 g/mol. The van der Waals surface area contributed by atoms with E-state index in [1.165, 1.54) is 18.2 Å².